The summed E-state index contributed by atoms with van der Waals surface area (Å²) in [5.41, 5.74) is 1.94. The molecule has 0 amide bonds. The standard InChI is InChI=1S/C18H20NO4PS/c1-3-22-24(20,23-4-2)13-21-15-9-7-8-14(12-15)18-19-16-10-5-6-11-17(16)25-18/h5-12H,3-4,13H2,1-2H3. The van der Waals surface area contributed by atoms with Gasteiger partial charge in [0.2, 0.25) is 0 Å². The number of hydrogen-bond donors (Lipinski definition) is 0. The zero-order valence-corrected chi connectivity index (χ0v) is 15.9. The Bertz CT molecular complexity index is 852. The van der Waals surface area contributed by atoms with Gasteiger partial charge in [0.05, 0.1) is 23.4 Å². The Kier molecular flexibility index (Phi) is 5.86. The van der Waals surface area contributed by atoms with Crippen LogP contribution in [0.3, 0.4) is 0 Å². The van der Waals surface area contributed by atoms with Crippen LogP contribution in [0.2, 0.25) is 0 Å². The number of benzene rings is 2. The van der Waals surface area contributed by atoms with Gasteiger partial charge in [-0.2, -0.15) is 0 Å². The van der Waals surface area contributed by atoms with Crippen molar-refractivity contribution in [3.05, 3.63) is 48.5 Å². The van der Waals surface area contributed by atoms with Crippen molar-refractivity contribution in [2.45, 2.75) is 13.8 Å². The minimum Gasteiger partial charge on any atom is -0.481 e. The van der Waals surface area contributed by atoms with Crippen LogP contribution in [0.15, 0.2) is 48.5 Å². The van der Waals surface area contributed by atoms with Crippen LogP contribution in [0.5, 0.6) is 5.75 Å². The van der Waals surface area contributed by atoms with Crippen molar-refractivity contribution >= 4 is 29.1 Å². The van der Waals surface area contributed by atoms with E-state index in [4.69, 9.17) is 13.8 Å². The number of rotatable bonds is 8. The van der Waals surface area contributed by atoms with Crippen molar-refractivity contribution in [3.63, 3.8) is 0 Å². The van der Waals surface area contributed by atoms with Crippen LogP contribution < -0.4 is 4.74 Å². The third-order valence-corrected chi connectivity index (χ3v) is 6.25. The third-order valence-electron chi connectivity index (χ3n) is 3.42. The van der Waals surface area contributed by atoms with Crippen molar-refractivity contribution in [3.8, 4) is 16.3 Å². The zero-order valence-electron chi connectivity index (χ0n) is 14.2. The Morgan fingerprint density at radius 2 is 1.80 bits per heavy atom. The van der Waals surface area contributed by atoms with Crippen LogP contribution in [0.25, 0.3) is 20.8 Å². The Morgan fingerprint density at radius 1 is 1.04 bits per heavy atom. The van der Waals surface area contributed by atoms with Crippen molar-refractivity contribution in [1.29, 1.82) is 0 Å². The zero-order chi connectivity index (χ0) is 17.7. The highest BCUT2D eigenvalue weighted by Crippen LogP contribution is 2.48. The van der Waals surface area contributed by atoms with E-state index < -0.39 is 7.60 Å². The summed E-state index contributed by atoms with van der Waals surface area (Å²) in [6.45, 7) is 4.18. The van der Waals surface area contributed by atoms with Crippen molar-refractivity contribution in [2.24, 2.45) is 0 Å². The molecule has 7 heteroatoms. The fraction of sp³-hybridized carbons (Fsp3) is 0.278. The number of hydrogen-bond acceptors (Lipinski definition) is 6. The molecule has 132 valence electrons. The molecular weight excluding hydrogens is 357 g/mol. The first-order valence-corrected chi connectivity index (χ1v) is 10.6. The van der Waals surface area contributed by atoms with Gasteiger partial charge in [-0.15, -0.1) is 11.3 Å². The lowest BCUT2D eigenvalue weighted by atomic mass is 10.2. The number of aromatic nitrogens is 1. The molecule has 3 rings (SSSR count). The highest BCUT2D eigenvalue weighted by molar-refractivity contribution is 7.53. The van der Waals surface area contributed by atoms with E-state index in [0.29, 0.717) is 19.0 Å². The lowest BCUT2D eigenvalue weighted by Gasteiger charge is -2.17. The molecule has 1 heterocycles. The molecule has 0 N–H and O–H groups in total. The fourth-order valence-electron chi connectivity index (χ4n) is 2.37. The van der Waals surface area contributed by atoms with Gasteiger partial charge >= 0.3 is 7.60 Å². The highest BCUT2D eigenvalue weighted by atomic mass is 32.1. The second-order valence-electron chi connectivity index (χ2n) is 5.23. The summed E-state index contributed by atoms with van der Waals surface area (Å²) in [6, 6.07) is 15.6. The van der Waals surface area contributed by atoms with Crippen LogP contribution in [-0.2, 0) is 13.6 Å². The van der Waals surface area contributed by atoms with Crippen LogP contribution in [-0.4, -0.2) is 24.5 Å². The van der Waals surface area contributed by atoms with Gasteiger partial charge in [-0.05, 0) is 38.1 Å². The molecule has 2 aromatic carbocycles. The molecule has 0 spiro atoms. The van der Waals surface area contributed by atoms with Crippen molar-refractivity contribution in [2.75, 3.05) is 19.6 Å². The number of ether oxygens (including phenoxy) is 1. The molecule has 5 nitrogen and oxygen atoms in total. The number of nitrogens with zero attached hydrogens (tertiary/aromatic N) is 1. The quantitative estimate of drug-likeness (QED) is 0.481. The Balaban J connectivity index is 1.78. The van der Waals surface area contributed by atoms with Crippen LogP contribution in [0.1, 0.15) is 13.8 Å². The molecule has 0 aliphatic carbocycles. The van der Waals surface area contributed by atoms with Gasteiger partial charge in [-0.3, -0.25) is 4.57 Å². The summed E-state index contributed by atoms with van der Waals surface area (Å²) >= 11 is 1.63. The number of para-hydroxylation sites is 1. The molecule has 0 saturated heterocycles. The second-order valence-corrected chi connectivity index (χ2v) is 8.26. The molecular formula is C18H20NO4PS. The smallest absolute Gasteiger partial charge is 0.367 e. The van der Waals surface area contributed by atoms with Gasteiger partial charge in [0, 0.05) is 5.56 Å². The van der Waals surface area contributed by atoms with E-state index in [0.717, 1.165) is 20.8 Å². The van der Waals surface area contributed by atoms with E-state index in [1.54, 1.807) is 25.2 Å². The van der Waals surface area contributed by atoms with E-state index in [1.807, 2.05) is 42.5 Å². The summed E-state index contributed by atoms with van der Waals surface area (Å²) < 4.78 is 29.8. The van der Waals surface area contributed by atoms with Gasteiger partial charge < -0.3 is 13.8 Å². The maximum atomic E-state index is 12.5. The topological polar surface area (TPSA) is 57.7 Å². The van der Waals surface area contributed by atoms with Crippen LogP contribution in [0.4, 0.5) is 0 Å². The second kappa shape index (κ2) is 8.11. The first kappa shape index (κ1) is 18.1. The van der Waals surface area contributed by atoms with E-state index in [2.05, 4.69) is 11.1 Å². The predicted molar refractivity (Wildman–Crippen MR) is 101 cm³/mol. The van der Waals surface area contributed by atoms with Gasteiger partial charge in [0.1, 0.15) is 10.8 Å². The van der Waals surface area contributed by atoms with E-state index in [1.165, 1.54) is 0 Å². The van der Waals surface area contributed by atoms with Crippen LogP contribution >= 0.6 is 18.9 Å². The monoisotopic (exact) mass is 377 g/mol. The van der Waals surface area contributed by atoms with Crippen LogP contribution in [0, 0.1) is 0 Å². The summed E-state index contributed by atoms with van der Waals surface area (Å²) in [6.07, 6.45) is -0.113. The summed E-state index contributed by atoms with van der Waals surface area (Å²) in [5.74, 6) is 0.608. The average molecular weight is 377 g/mol. The average Bonchev–Trinajstić information content (AvgIpc) is 3.05. The Morgan fingerprint density at radius 3 is 2.52 bits per heavy atom. The maximum absolute atomic E-state index is 12.5. The lowest BCUT2D eigenvalue weighted by molar-refractivity contribution is 0.197. The molecule has 25 heavy (non-hydrogen) atoms. The summed E-state index contributed by atoms with van der Waals surface area (Å²) in [4.78, 5) is 4.65. The van der Waals surface area contributed by atoms with Gasteiger partial charge in [0.15, 0.2) is 6.35 Å². The molecule has 0 saturated carbocycles. The normalized spacial score (nSPS) is 11.8. The highest BCUT2D eigenvalue weighted by Gasteiger charge is 2.24. The Labute approximate surface area is 151 Å². The molecule has 0 radical (unpaired) electrons. The molecule has 0 atom stereocenters. The first-order chi connectivity index (χ1) is 12.1. The maximum Gasteiger partial charge on any atom is 0.367 e. The number of thiazole rings is 1. The van der Waals surface area contributed by atoms with Crippen molar-refractivity contribution in [1.82, 2.24) is 4.98 Å². The summed E-state index contributed by atoms with van der Waals surface area (Å²) in [5, 5.41) is 0.921. The molecule has 3 aromatic rings. The van der Waals surface area contributed by atoms with Gasteiger partial charge in [-0.1, -0.05) is 24.3 Å². The largest absolute Gasteiger partial charge is 0.481 e. The number of fused-ring (bicyclic) bond motifs is 1. The molecule has 0 fully saturated rings. The molecule has 1 aromatic heterocycles. The van der Waals surface area contributed by atoms with Crippen molar-refractivity contribution < 1.29 is 18.3 Å². The Hall–Kier alpha value is -1.72. The van der Waals surface area contributed by atoms with E-state index in [-0.39, 0.29) is 6.35 Å². The van der Waals surface area contributed by atoms with E-state index in [9.17, 15) is 4.57 Å². The molecule has 0 unspecified atom stereocenters. The molecule has 0 aliphatic heterocycles. The van der Waals surface area contributed by atoms with Gasteiger partial charge in [-0.25, -0.2) is 4.98 Å². The minimum absolute atomic E-state index is 0.113. The van der Waals surface area contributed by atoms with E-state index >= 15 is 0 Å². The first-order valence-electron chi connectivity index (χ1n) is 8.10. The molecule has 0 bridgehead atoms. The molecule has 0 aliphatic rings. The van der Waals surface area contributed by atoms with Gasteiger partial charge in [0.25, 0.3) is 0 Å². The lowest BCUT2D eigenvalue weighted by Crippen LogP contribution is -2.05. The SMILES string of the molecule is CCOP(=O)(COc1cccc(-c2nc3ccccc3s2)c1)OCC. The predicted octanol–water partition coefficient (Wildman–Crippen LogP) is 5.57. The fourth-order valence-corrected chi connectivity index (χ4v) is 4.65. The minimum atomic E-state index is -3.23. The summed E-state index contributed by atoms with van der Waals surface area (Å²) in [7, 11) is -3.23. The third kappa shape index (κ3) is 4.47.